The first-order valence-corrected chi connectivity index (χ1v) is 8.06. The number of hydrogen-bond donors (Lipinski definition) is 1. The molecule has 2 amide bonds. The number of ether oxygens (including phenoxy) is 1. The van der Waals surface area contributed by atoms with Gasteiger partial charge in [-0.05, 0) is 31.2 Å². The van der Waals surface area contributed by atoms with Crippen molar-refractivity contribution in [3.05, 3.63) is 53.3 Å². The Morgan fingerprint density at radius 1 is 1.22 bits per heavy atom. The number of carbonyl (C=O) groups excluding carboxylic acids is 2. The summed E-state index contributed by atoms with van der Waals surface area (Å²) in [6.45, 7) is 1.26. The molecule has 1 aliphatic rings. The van der Waals surface area contributed by atoms with Crippen molar-refractivity contribution >= 4 is 17.5 Å². The van der Waals surface area contributed by atoms with E-state index in [2.05, 4.69) is 10.3 Å². The third-order valence-corrected chi connectivity index (χ3v) is 4.16. The second kappa shape index (κ2) is 6.90. The second-order valence-corrected chi connectivity index (χ2v) is 5.93. The number of nitrogens with zero attached hydrogens (tertiary/aromatic N) is 2. The van der Waals surface area contributed by atoms with E-state index >= 15 is 0 Å². The van der Waals surface area contributed by atoms with Crippen LogP contribution in [0.25, 0.3) is 0 Å². The van der Waals surface area contributed by atoms with Gasteiger partial charge in [0.2, 0.25) is 0 Å². The Morgan fingerprint density at radius 2 is 1.93 bits per heavy atom. The molecule has 9 heteroatoms. The van der Waals surface area contributed by atoms with Gasteiger partial charge in [-0.2, -0.15) is 13.2 Å². The summed E-state index contributed by atoms with van der Waals surface area (Å²) in [7, 11) is 1.45. The molecule has 0 aliphatic carbocycles. The number of pyridine rings is 1. The van der Waals surface area contributed by atoms with Crippen molar-refractivity contribution < 1.29 is 27.5 Å². The highest BCUT2D eigenvalue weighted by atomic mass is 19.4. The Morgan fingerprint density at radius 3 is 2.56 bits per heavy atom. The quantitative estimate of drug-likeness (QED) is 0.871. The molecule has 0 saturated carbocycles. The van der Waals surface area contributed by atoms with E-state index in [4.69, 9.17) is 4.74 Å². The van der Waals surface area contributed by atoms with Crippen LogP contribution >= 0.6 is 0 Å². The van der Waals surface area contributed by atoms with Crippen molar-refractivity contribution in [2.75, 3.05) is 18.5 Å². The summed E-state index contributed by atoms with van der Waals surface area (Å²) in [6.07, 6.45) is -5.53. The van der Waals surface area contributed by atoms with Gasteiger partial charge in [-0.25, -0.2) is 4.98 Å². The summed E-state index contributed by atoms with van der Waals surface area (Å²) in [5, 5.41) is 2.46. The molecule has 1 aliphatic heterocycles. The standard InChI is InChI=1S/C18H16F3N3O3/c1-10-11(7-8-15(23-10)18(19,20)21)17(26)24-9-14(16(25)22-2)27-13-6-4-3-5-12(13)24/h3-8,14H,9H2,1-2H3,(H,22,25)/t14-/m0/s1. The molecule has 0 spiro atoms. The van der Waals surface area contributed by atoms with E-state index in [1.165, 1.54) is 18.9 Å². The fraction of sp³-hybridized carbons (Fsp3) is 0.278. The molecule has 0 radical (unpaired) electrons. The highest BCUT2D eigenvalue weighted by Gasteiger charge is 2.36. The molecular formula is C18H16F3N3O3. The van der Waals surface area contributed by atoms with Crippen LogP contribution in [0.1, 0.15) is 21.7 Å². The van der Waals surface area contributed by atoms with Gasteiger partial charge in [-0.3, -0.25) is 9.59 Å². The Balaban J connectivity index is 1.99. The van der Waals surface area contributed by atoms with Crippen molar-refractivity contribution in [1.29, 1.82) is 0 Å². The van der Waals surface area contributed by atoms with Crippen LogP contribution in [0.4, 0.5) is 18.9 Å². The number of hydrogen-bond acceptors (Lipinski definition) is 4. The zero-order chi connectivity index (χ0) is 19.8. The van der Waals surface area contributed by atoms with Gasteiger partial charge in [-0.1, -0.05) is 12.1 Å². The predicted molar refractivity (Wildman–Crippen MR) is 90.6 cm³/mol. The van der Waals surface area contributed by atoms with E-state index in [-0.39, 0.29) is 17.8 Å². The van der Waals surface area contributed by atoms with Crippen LogP contribution in [0, 0.1) is 6.92 Å². The minimum absolute atomic E-state index is 0.0235. The zero-order valence-corrected chi connectivity index (χ0v) is 14.5. The molecule has 3 rings (SSSR count). The highest BCUT2D eigenvalue weighted by molar-refractivity contribution is 6.08. The first-order chi connectivity index (χ1) is 12.7. The van der Waals surface area contributed by atoms with Gasteiger partial charge in [-0.15, -0.1) is 0 Å². The largest absolute Gasteiger partial charge is 0.477 e. The Hall–Kier alpha value is -3.10. The van der Waals surface area contributed by atoms with Gasteiger partial charge < -0.3 is 15.0 Å². The topological polar surface area (TPSA) is 71.5 Å². The molecule has 2 aromatic rings. The van der Waals surface area contributed by atoms with Crippen LogP contribution in [0.2, 0.25) is 0 Å². The highest BCUT2D eigenvalue weighted by Crippen LogP contribution is 2.35. The maximum absolute atomic E-state index is 13.0. The van der Waals surface area contributed by atoms with Crippen LogP contribution in [0.5, 0.6) is 5.75 Å². The van der Waals surface area contributed by atoms with E-state index in [1.807, 2.05) is 0 Å². The number of benzene rings is 1. The lowest BCUT2D eigenvalue weighted by atomic mass is 10.1. The van der Waals surface area contributed by atoms with Crippen molar-refractivity contribution in [3.63, 3.8) is 0 Å². The number of nitrogens with one attached hydrogen (secondary N) is 1. The van der Waals surface area contributed by atoms with Crippen molar-refractivity contribution in [1.82, 2.24) is 10.3 Å². The van der Waals surface area contributed by atoms with E-state index in [0.29, 0.717) is 11.4 Å². The molecular weight excluding hydrogens is 363 g/mol. The van der Waals surface area contributed by atoms with Crippen LogP contribution in [0.15, 0.2) is 36.4 Å². The second-order valence-electron chi connectivity index (χ2n) is 5.93. The van der Waals surface area contributed by atoms with Crippen LogP contribution < -0.4 is 15.0 Å². The fourth-order valence-corrected chi connectivity index (χ4v) is 2.81. The Labute approximate surface area is 152 Å². The average Bonchev–Trinajstić information content (AvgIpc) is 2.65. The van der Waals surface area contributed by atoms with Crippen molar-refractivity contribution in [3.8, 4) is 5.75 Å². The molecule has 1 aromatic heterocycles. The summed E-state index contributed by atoms with van der Waals surface area (Å²) in [4.78, 5) is 29.8. The number of fused-ring (bicyclic) bond motifs is 1. The lowest BCUT2D eigenvalue weighted by Gasteiger charge is -2.34. The van der Waals surface area contributed by atoms with Gasteiger partial charge in [0.1, 0.15) is 11.4 Å². The van der Waals surface area contributed by atoms with E-state index in [1.54, 1.807) is 24.3 Å². The molecule has 1 aromatic carbocycles. The summed E-state index contributed by atoms with van der Waals surface area (Å²) < 4.78 is 44.1. The molecule has 0 bridgehead atoms. The van der Waals surface area contributed by atoms with Gasteiger partial charge in [0.25, 0.3) is 11.8 Å². The molecule has 2 heterocycles. The van der Waals surface area contributed by atoms with Gasteiger partial charge >= 0.3 is 6.18 Å². The minimum atomic E-state index is -4.60. The number of halogens is 3. The monoisotopic (exact) mass is 379 g/mol. The summed E-state index contributed by atoms with van der Waals surface area (Å²) in [5.74, 6) is -0.633. The normalized spacial score (nSPS) is 16.3. The van der Waals surface area contributed by atoms with Crippen LogP contribution in [0.3, 0.4) is 0 Å². The van der Waals surface area contributed by atoms with Crippen molar-refractivity contribution in [2.24, 2.45) is 0 Å². The van der Waals surface area contributed by atoms with E-state index in [9.17, 15) is 22.8 Å². The number of likely N-dealkylation sites (N-methyl/N-ethyl adjacent to an activating group) is 1. The predicted octanol–water partition coefficient (Wildman–Crippen LogP) is 2.56. The molecule has 0 saturated heterocycles. The molecule has 6 nitrogen and oxygen atoms in total. The number of rotatable bonds is 2. The Bertz CT molecular complexity index is 899. The Kier molecular flexibility index (Phi) is 4.77. The average molecular weight is 379 g/mol. The number of anilines is 1. The smallest absolute Gasteiger partial charge is 0.433 e. The first kappa shape index (κ1) is 18.7. The molecule has 142 valence electrons. The molecule has 1 N–H and O–H groups in total. The number of amides is 2. The van der Waals surface area contributed by atoms with Gasteiger partial charge in [0, 0.05) is 7.05 Å². The SMILES string of the molecule is CNC(=O)[C@@H]1CN(C(=O)c2ccc(C(F)(F)F)nc2C)c2ccccc2O1. The van der Waals surface area contributed by atoms with Crippen LogP contribution in [-0.2, 0) is 11.0 Å². The van der Waals surface area contributed by atoms with Gasteiger partial charge in [0.15, 0.2) is 6.10 Å². The third-order valence-electron chi connectivity index (χ3n) is 4.16. The minimum Gasteiger partial charge on any atom is -0.477 e. The fourth-order valence-electron chi connectivity index (χ4n) is 2.81. The number of aryl methyl sites for hydroxylation is 1. The molecule has 1 atom stereocenters. The lowest BCUT2D eigenvalue weighted by molar-refractivity contribution is -0.141. The van der Waals surface area contributed by atoms with Crippen molar-refractivity contribution in [2.45, 2.75) is 19.2 Å². The van der Waals surface area contributed by atoms with E-state index in [0.717, 1.165) is 12.1 Å². The van der Waals surface area contributed by atoms with E-state index < -0.39 is 29.8 Å². The summed E-state index contributed by atoms with van der Waals surface area (Å²) >= 11 is 0. The maximum atomic E-state index is 13.0. The number of aromatic nitrogens is 1. The molecule has 0 unspecified atom stereocenters. The lowest BCUT2D eigenvalue weighted by Crippen LogP contribution is -2.50. The number of alkyl halides is 3. The maximum Gasteiger partial charge on any atom is 0.433 e. The number of carbonyl (C=O) groups is 2. The molecule has 27 heavy (non-hydrogen) atoms. The first-order valence-electron chi connectivity index (χ1n) is 8.06. The van der Waals surface area contributed by atoms with Crippen LogP contribution in [-0.4, -0.2) is 36.5 Å². The molecule has 0 fully saturated rings. The van der Waals surface area contributed by atoms with Gasteiger partial charge in [0.05, 0.1) is 23.5 Å². The third kappa shape index (κ3) is 3.57. The number of para-hydroxylation sites is 2. The summed E-state index contributed by atoms with van der Waals surface area (Å²) in [6, 6.07) is 8.51. The summed E-state index contributed by atoms with van der Waals surface area (Å²) in [5.41, 5.74) is -0.658. The zero-order valence-electron chi connectivity index (χ0n) is 14.5.